The second kappa shape index (κ2) is 5.50. The molecule has 1 saturated carbocycles. The van der Waals surface area contributed by atoms with Gasteiger partial charge in [-0.15, -0.1) is 11.3 Å². The number of benzene rings is 1. The Balaban J connectivity index is 1.71. The summed E-state index contributed by atoms with van der Waals surface area (Å²) in [6, 6.07) is 7.53. The fourth-order valence-electron chi connectivity index (χ4n) is 2.98. The van der Waals surface area contributed by atoms with Crippen molar-refractivity contribution in [3.05, 3.63) is 51.2 Å². The number of aryl methyl sites for hydroxylation is 2. The summed E-state index contributed by atoms with van der Waals surface area (Å²) < 4.78 is 14.2. The average Bonchev–Trinajstić information content (AvgIpc) is 3.22. The van der Waals surface area contributed by atoms with Crippen LogP contribution in [0.1, 0.15) is 52.9 Å². The molecule has 2 aromatic rings. The van der Waals surface area contributed by atoms with Crippen molar-refractivity contribution in [2.45, 2.75) is 50.6 Å². The number of thiazole rings is 1. The number of hydrogen-bond donors (Lipinski definition) is 1. The summed E-state index contributed by atoms with van der Waals surface area (Å²) >= 11 is 1.78. The fourth-order valence-corrected chi connectivity index (χ4v) is 4.22. The van der Waals surface area contributed by atoms with E-state index in [-0.39, 0.29) is 11.9 Å². The van der Waals surface area contributed by atoms with Crippen LogP contribution >= 0.6 is 11.3 Å². The van der Waals surface area contributed by atoms with Crippen LogP contribution in [0, 0.1) is 5.82 Å². The van der Waals surface area contributed by atoms with Gasteiger partial charge in [-0.25, -0.2) is 9.37 Å². The van der Waals surface area contributed by atoms with Gasteiger partial charge in [-0.05, 0) is 44.6 Å². The number of hydrogen-bond acceptors (Lipinski definition) is 3. The molecule has 1 atom stereocenters. The third-order valence-electron chi connectivity index (χ3n) is 4.31. The van der Waals surface area contributed by atoms with Gasteiger partial charge in [0.15, 0.2) is 0 Å². The average molecular weight is 302 g/mol. The SMILES string of the molecule is Fc1ccccc1C(NC1CC1)c1nc2c(s1)CCCC2. The summed E-state index contributed by atoms with van der Waals surface area (Å²) in [6.45, 7) is 0. The van der Waals surface area contributed by atoms with Crippen LogP contribution in [0.5, 0.6) is 0 Å². The van der Waals surface area contributed by atoms with Crippen molar-refractivity contribution in [1.29, 1.82) is 0 Å². The third kappa shape index (κ3) is 2.74. The highest BCUT2D eigenvalue weighted by Crippen LogP contribution is 2.35. The van der Waals surface area contributed by atoms with Crippen molar-refractivity contribution in [2.75, 3.05) is 0 Å². The topological polar surface area (TPSA) is 24.9 Å². The largest absolute Gasteiger partial charge is 0.301 e. The Bertz CT molecular complexity index is 624. The van der Waals surface area contributed by atoms with Crippen LogP contribution in [-0.4, -0.2) is 11.0 Å². The van der Waals surface area contributed by atoms with E-state index in [9.17, 15) is 4.39 Å². The molecule has 2 aliphatic rings. The van der Waals surface area contributed by atoms with Crippen molar-refractivity contribution in [3.63, 3.8) is 0 Å². The quantitative estimate of drug-likeness (QED) is 0.923. The number of nitrogens with one attached hydrogen (secondary N) is 1. The lowest BCUT2D eigenvalue weighted by molar-refractivity contribution is 0.543. The van der Waals surface area contributed by atoms with Gasteiger partial charge in [0, 0.05) is 16.5 Å². The summed E-state index contributed by atoms with van der Waals surface area (Å²) in [6.07, 6.45) is 7.09. The standard InChI is InChI=1S/C17H19FN2S/c18-13-6-2-1-5-12(13)16(19-11-9-10-11)17-20-14-7-3-4-8-15(14)21-17/h1-2,5-6,11,16,19H,3-4,7-10H2. The van der Waals surface area contributed by atoms with Gasteiger partial charge < -0.3 is 5.32 Å². The van der Waals surface area contributed by atoms with Gasteiger partial charge in [-0.2, -0.15) is 0 Å². The number of rotatable bonds is 4. The highest BCUT2D eigenvalue weighted by molar-refractivity contribution is 7.11. The second-order valence-corrected chi connectivity index (χ2v) is 7.14. The lowest BCUT2D eigenvalue weighted by Crippen LogP contribution is -2.25. The maximum Gasteiger partial charge on any atom is 0.128 e. The van der Waals surface area contributed by atoms with E-state index in [1.54, 1.807) is 23.5 Å². The van der Waals surface area contributed by atoms with Gasteiger partial charge in [-0.3, -0.25) is 0 Å². The van der Waals surface area contributed by atoms with Gasteiger partial charge in [0.05, 0.1) is 11.7 Å². The van der Waals surface area contributed by atoms with Crippen molar-refractivity contribution in [3.8, 4) is 0 Å². The van der Waals surface area contributed by atoms with Crippen LogP contribution in [0.3, 0.4) is 0 Å². The Kier molecular flexibility index (Phi) is 3.51. The van der Waals surface area contributed by atoms with Crippen molar-refractivity contribution >= 4 is 11.3 Å². The highest BCUT2D eigenvalue weighted by atomic mass is 32.1. The predicted octanol–water partition coefficient (Wildman–Crippen LogP) is 4.00. The zero-order valence-corrected chi connectivity index (χ0v) is 12.8. The van der Waals surface area contributed by atoms with Gasteiger partial charge in [0.1, 0.15) is 10.8 Å². The molecular formula is C17H19FN2S. The van der Waals surface area contributed by atoms with Gasteiger partial charge in [0.25, 0.3) is 0 Å². The molecule has 1 fully saturated rings. The second-order valence-electron chi connectivity index (χ2n) is 6.02. The number of halogens is 1. The molecule has 0 amide bonds. The molecule has 1 aromatic carbocycles. The Hall–Kier alpha value is -1.26. The van der Waals surface area contributed by atoms with Crippen molar-refractivity contribution in [1.82, 2.24) is 10.3 Å². The molecule has 1 aromatic heterocycles. The summed E-state index contributed by atoms with van der Waals surface area (Å²) in [5.41, 5.74) is 1.98. The predicted molar refractivity (Wildman–Crippen MR) is 83.2 cm³/mol. The van der Waals surface area contributed by atoms with E-state index in [4.69, 9.17) is 4.98 Å². The summed E-state index contributed by atoms with van der Waals surface area (Å²) in [5, 5.41) is 4.62. The molecule has 0 spiro atoms. The molecule has 0 radical (unpaired) electrons. The Morgan fingerprint density at radius 2 is 2.00 bits per heavy atom. The monoisotopic (exact) mass is 302 g/mol. The lowest BCUT2D eigenvalue weighted by atomic mass is 10.0. The van der Waals surface area contributed by atoms with Gasteiger partial charge in [0.2, 0.25) is 0 Å². The van der Waals surface area contributed by atoms with Crippen LogP contribution in [-0.2, 0) is 12.8 Å². The molecular weight excluding hydrogens is 283 g/mol. The van der Waals surface area contributed by atoms with E-state index >= 15 is 0 Å². The van der Waals surface area contributed by atoms with E-state index in [0.717, 1.165) is 23.4 Å². The summed E-state index contributed by atoms with van der Waals surface area (Å²) in [5.74, 6) is -0.135. The molecule has 4 rings (SSSR count). The van der Waals surface area contributed by atoms with E-state index in [2.05, 4.69) is 5.32 Å². The van der Waals surface area contributed by atoms with Crippen molar-refractivity contribution < 1.29 is 4.39 Å². The molecule has 1 heterocycles. The molecule has 1 N–H and O–H groups in total. The van der Waals surface area contributed by atoms with E-state index in [0.29, 0.717) is 6.04 Å². The van der Waals surface area contributed by atoms with Gasteiger partial charge in [-0.1, -0.05) is 18.2 Å². The summed E-state index contributed by atoms with van der Waals surface area (Å²) in [4.78, 5) is 6.25. The minimum Gasteiger partial charge on any atom is -0.301 e. The van der Waals surface area contributed by atoms with Crippen LogP contribution in [0.2, 0.25) is 0 Å². The first-order chi connectivity index (χ1) is 10.3. The van der Waals surface area contributed by atoms with Crippen LogP contribution in [0.4, 0.5) is 4.39 Å². The molecule has 2 nitrogen and oxygen atoms in total. The zero-order valence-electron chi connectivity index (χ0n) is 11.9. The normalized spacial score (nSPS) is 19.3. The maximum atomic E-state index is 14.2. The van der Waals surface area contributed by atoms with Crippen LogP contribution in [0.25, 0.3) is 0 Å². The first kappa shape index (κ1) is 13.4. The summed E-state index contributed by atoms with van der Waals surface area (Å²) in [7, 11) is 0. The van der Waals surface area contributed by atoms with Crippen LogP contribution in [0.15, 0.2) is 24.3 Å². The smallest absolute Gasteiger partial charge is 0.128 e. The first-order valence-electron chi connectivity index (χ1n) is 7.80. The van der Waals surface area contributed by atoms with E-state index in [1.807, 2.05) is 12.1 Å². The fraction of sp³-hybridized carbons (Fsp3) is 0.471. The molecule has 2 aliphatic carbocycles. The Labute approximate surface area is 128 Å². The maximum absolute atomic E-state index is 14.2. The molecule has 110 valence electrons. The minimum atomic E-state index is -0.135. The first-order valence-corrected chi connectivity index (χ1v) is 8.62. The molecule has 0 saturated heterocycles. The van der Waals surface area contributed by atoms with Crippen LogP contribution < -0.4 is 5.32 Å². The highest BCUT2D eigenvalue weighted by Gasteiger charge is 2.30. The van der Waals surface area contributed by atoms with Crippen molar-refractivity contribution in [2.24, 2.45) is 0 Å². The molecule has 4 heteroatoms. The third-order valence-corrected chi connectivity index (χ3v) is 5.53. The molecule has 1 unspecified atom stereocenters. The Morgan fingerprint density at radius 3 is 2.76 bits per heavy atom. The number of nitrogens with zero attached hydrogens (tertiary/aromatic N) is 1. The zero-order chi connectivity index (χ0) is 14.2. The van der Waals surface area contributed by atoms with E-state index < -0.39 is 0 Å². The molecule has 0 aliphatic heterocycles. The van der Waals surface area contributed by atoms with Gasteiger partial charge >= 0.3 is 0 Å². The minimum absolute atomic E-state index is 0.0886. The number of fused-ring (bicyclic) bond motifs is 1. The van der Waals surface area contributed by atoms with E-state index in [1.165, 1.54) is 36.3 Å². The lowest BCUT2D eigenvalue weighted by Gasteiger charge is -2.17. The molecule has 21 heavy (non-hydrogen) atoms. The Morgan fingerprint density at radius 1 is 1.19 bits per heavy atom. The molecule has 0 bridgehead atoms. The number of aromatic nitrogens is 1.